The van der Waals surface area contributed by atoms with E-state index in [0.29, 0.717) is 18.4 Å². The molecular formula is C27H34N2O4. The van der Waals surface area contributed by atoms with E-state index in [0.717, 1.165) is 70.6 Å². The summed E-state index contributed by atoms with van der Waals surface area (Å²) in [5.74, 6) is 0.873. The van der Waals surface area contributed by atoms with Crippen molar-refractivity contribution < 1.29 is 19.0 Å². The first-order valence-corrected chi connectivity index (χ1v) is 12.3. The summed E-state index contributed by atoms with van der Waals surface area (Å²) >= 11 is 0. The quantitative estimate of drug-likeness (QED) is 0.655. The van der Waals surface area contributed by atoms with Crippen LogP contribution in [0.2, 0.25) is 0 Å². The predicted molar refractivity (Wildman–Crippen MR) is 127 cm³/mol. The van der Waals surface area contributed by atoms with Crippen LogP contribution in [0, 0.1) is 5.92 Å². The lowest BCUT2D eigenvalue weighted by molar-refractivity contribution is -0.0889. The molecule has 3 fully saturated rings. The van der Waals surface area contributed by atoms with E-state index >= 15 is 0 Å². The van der Waals surface area contributed by atoms with E-state index in [1.54, 1.807) is 0 Å². The van der Waals surface area contributed by atoms with E-state index in [9.17, 15) is 4.79 Å². The summed E-state index contributed by atoms with van der Waals surface area (Å²) in [6, 6.07) is 18.8. The molecule has 0 N–H and O–H groups in total. The van der Waals surface area contributed by atoms with Crippen molar-refractivity contribution in [3.8, 4) is 0 Å². The van der Waals surface area contributed by atoms with Gasteiger partial charge >= 0.3 is 6.09 Å². The molecule has 5 rings (SSSR count). The number of carbonyl (C=O) groups is 1. The minimum Gasteiger partial charge on any atom is -0.445 e. The SMILES string of the molecule is O=C(OCc1ccccc1)N1CCC[C@@H](c2ccc(N3CCC(C4OCCO4)CC3)cc2)C1. The molecule has 6 nitrogen and oxygen atoms in total. The van der Waals surface area contributed by atoms with Gasteiger partial charge in [0.15, 0.2) is 6.29 Å². The van der Waals surface area contributed by atoms with Crippen LogP contribution in [0.1, 0.15) is 42.7 Å². The summed E-state index contributed by atoms with van der Waals surface area (Å²) in [7, 11) is 0. The highest BCUT2D eigenvalue weighted by atomic mass is 16.7. The Morgan fingerprint density at radius 2 is 1.64 bits per heavy atom. The highest BCUT2D eigenvalue weighted by Crippen LogP contribution is 2.31. The molecule has 1 atom stereocenters. The van der Waals surface area contributed by atoms with Crippen LogP contribution in [0.5, 0.6) is 0 Å². The van der Waals surface area contributed by atoms with Gasteiger partial charge in [-0.1, -0.05) is 42.5 Å². The average molecular weight is 451 g/mol. The van der Waals surface area contributed by atoms with Gasteiger partial charge in [-0.05, 0) is 48.9 Å². The van der Waals surface area contributed by atoms with Crippen molar-refractivity contribution >= 4 is 11.8 Å². The van der Waals surface area contributed by atoms with Gasteiger partial charge in [-0.2, -0.15) is 0 Å². The Labute approximate surface area is 196 Å². The molecule has 0 unspecified atom stereocenters. The average Bonchev–Trinajstić information content (AvgIpc) is 3.43. The molecule has 6 heteroatoms. The topological polar surface area (TPSA) is 51.2 Å². The molecule has 1 amide bonds. The fourth-order valence-electron chi connectivity index (χ4n) is 5.26. The number of ether oxygens (including phenoxy) is 3. The molecule has 176 valence electrons. The van der Waals surface area contributed by atoms with Crippen molar-refractivity contribution in [1.29, 1.82) is 0 Å². The molecule has 0 spiro atoms. The fourth-order valence-corrected chi connectivity index (χ4v) is 5.26. The summed E-state index contributed by atoms with van der Waals surface area (Å²) in [4.78, 5) is 16.9. The molecule has 0 aromatic heterocycles. The van der Waals surface area contributed by atoms with Crippen LogP contribution in [-0.2, 0) is 20.8 Å². The number of hydrogen-bond donors (Lipinski definition) is 0. The Morgan fingerprint density at radius 3 is 2.36 bits per heavy atom. The molecule has 3 heterocycles. The maximum Gasteiger partial charge on any atom is 0.410 e. The smallest absolute Gasteiger partial charge is 0.410 e. The molecule has 3 aliphatic heterocycles. The molecule has 2 aromatic rings. The standard InChI is InChI=1S/C27H34N2O4/c30-27(33-20-21-5-2-1-3-6-21)29-14-4-7-24(19-29)22-8-10-25(11-9-22)28-15-12-23(13-16-28)26-31-17-18-32-26/h1-3,5-6,8-11,23-24,26H,4,7,12-20H2/t24-/m1/s1. The molecule has 0 radical (unpaired) electrons. The zero-order chi connectivity index (χ0) is 22.5. The maximum absolute atomic E-state index is 12.6. The van der Waals surface area contributed by atoms with Crippen molar-refractivity contribution in [2.24, 2.45) is 5.92 Å². The van der Waals surface area contributed by atoms with Gasteiger partial charge in [-0.3, -0.25) is 0 Å². The molecule has 2 aromatic carbocycles. The van der Waals surface area contributed by atoms with E-state index in [-0.39, 0.29) is 12.4 Å². The second-order valence-electron chi connectivity index (χ2n) is 9.35. The predicted octanol–water partition coefficient (Wildman–Crippen LogP) is 4.79. The number of hydrogen-bond acceptors (Lipinski definition) is 5. The van der Waals surface area contributed by atoms with Crippen molar-refractivity contribution in [2.75, 3.05) is 44.3 Å². The van der Waals surface area contributed by atoms with Crippen LogP contribution in [0.25, 0.3) is 0 Å². The molecule has 3 saturated heterocycles. The van der Waals surface area contributed by atoms with Gasteiger partial charge in [0.1, 0.15) is 6.61 Å². The van der Waals surface area contributed by atoms with Crippen LogP contribution in [0.15, 0.2) is 54.6 Å². The number of piperidine rings is 2. The zero-order valence-electron chi connectivity index (χ0n) is 19.2. The van der Waals surface area contributed by atoms with Crippen molar-refractivity contribution in [2.45, 2.75) is 44.5 Å². The van der Waals surface area contributed by atoms with Crippen LogP contribution < -0.4 is 4.90 Å². The number of amides is 1. The summed E-state index contributed by atoms with van der Waals surface area (Å²) < 4.78 is 17.0. The summed E-state index contributed by atoms with van der Waals surface area (Å²) in [5, 5.41) is 0. The van der Waals surface area contributed by atoms with E-state index in [4.69, 9.17) is 14.2 Å². The second-order valence-corrected chi connectivity index (χ2v) is 9.35. The largest absolute Gasteiger partial charge is 0.445 e. The fraction of sp³-hybridized carbons (Fsp3) is 0.519. The van der Waals surface area contributed by atoms with E-state index in [2.05, 4.69) is 29.2 Å². The summed E-state index contributed by atoms with van der Waals surface area (Å²) in [6.07, 6.45) is 4.12. The Hall–Kier alpha value is -2.57. The lowest BCUT2D eigenvalue weighted by Crippen LogP contribution is -2.39. The highest BCUT2D eigenvalue weighted by molar-refractivity contribution is 5.68. The van der Waals surface area contributed by atoms with Gasteiger partial charge in [0.05, 0.1) is 13.2 Å². The van der Waals surface area contributed by atoms with E-state index < -0.39 is 0 Å². The van der Waals surface area contributed by atoms with Crippen molar-refractivity contribution in [3.63, 3.8) is 0 Å². The zero-order valence-corrected chi connectivity index (χ0v) is 19.2. The summed E-state index contributed by atoms with van der Waals surface area (Å²) in [6.45, 7) is 5.36. The number of likely N-dealkylation sites (tertiary alicyclic amines) is 1. The Kier molecular flexibility index (Phi) is 7.12. The maximum atomic E-state index is 12.6. The van der Waals surface area contributed by atoms with Gasteiger partial charge in [0.2, 0.25) is 0 Å². The third kappa shape index (κ3) is 5.50. The van der Waals surface area contributed by atoms with E-state index in [1.807, 2.05) is 35.2 Å². The minimum absolute atomic E-state index is 0.00292. The highest BCUT2D eigenvalue weighted by Gasteiger charge is 2.31. The normalized spacial score (nSPS) is 22.5. The first-order valence-electron chi connectivity index (χ1n) is 12.3. The van der Waals surface area contributed by atoms with Crippen molar-refractivity contribution in [3.05, 3.63) is 65.7 Å². The number of benzene rings is 2. The lowest BCUT2D eigenvalue weighted by atomic mass is 9.90. The number of anilines is 1. The molecule has 0 saturated carbocycles. The lowest BCUT2D eigenvalue weighted by Gasteiger charge is -2.35. The Balaban J connectivity index is 1.12. The van der Waals surface area contributed by atoms with Gasteiger partial charge in [0, 0.05) is 43.7 Å². The van der Waals surface area contributed by atoms with Gasteiger partial charge < -0.3 is 24.0 Å². The van der Waals surface area contributed by atoms with Crippen LogP contribution in [0.4, 0.5) is 10.5 Å². The molecule has 33 heavy (non-hydrogen) atoms. The number of rotatable bonds is 5. The Morgan fingerprint density at radius 1 is 0.909 bits per heavy atom. The number of carbonyl (C=O) groups excluding carboxylic acids is 1. The first-order chi connectivity index (χ1) is 16.3. The third-order valence-corrected chi connectivity index (χ3v) is 7.19. The second kappa shape index (κ2) is 10.6. The van der Waals surface area contributed by atoms with Crippen LogP contribution in [0.3, 0.4) is 0 Å². The monoisotopic (exact) mass is 450 g/mol. The molecule has 0 bridgehead atoms. The minimum atomic E-state index is -0.210. The van der Waals surface area contributed by atoms with Crippen molar-refractivity contribution in [1.82, 2.24) is 4.90 Å². The van der Waals surface area contributed by atoms with E-state index in [1.165, 1.54) is 11.3 Å². The molecule has 0 aliphatic carbocycles. The van der Waals surface area contributed by atoms with Gasteiger partial charge in [-0.25, -0.2) is 4.79 Å². The third-order valence-electron chi connectivity index (χ3n) is 7.19. The summed E-state index contributed by atoms with van der Waals surface area (Å²) in [5.41, 5.74) is 3.60. The number of nitrogens with zero attached hydrogens (tertiary/aromatic N) is 2. The van der Waals surface area contributed by atoms with Crippen LogP contribution >= 0.6 is 0 Å². The first kappa shape index (κ1) is 22.2. The van der Waals surface area contributed by atoms with Gasteiger partial charge in [-0.15, -0.1) is 0 Å². The molecule has 3 aliphatic rings. The molecular weight excluding hydrogens is 416 g/mol. The Bertz CT molecular complexity index is 890. The van der Waals surface area contributed by atoms with Gasteiger partial charge in [0.25, 0.3) is 0 Å². The van der Waals surface area contributed by atoms with Crippen LogP contribution in [-0.4, -0.2) is 56.7 Å².